The molecule has 0 radical (unpaired) electrons. The van der Waals surface area contributed by atoms with Crippen LogP contribution in [0.15, 0.2) is 29.2 Å². The highest BCUT2D eigenvalue weighted by molar-refractivity contribution is 8.00. The average molecular weight is 361 g/mol. The molecule has 2 rings (SSSR count). The molecule has 0 aliphatic heterocycles. The first kappa shape index (κ1) is 18.6. The molecule has 0 atom stereocenters. The number of rotatable bonds is 4. The van der Waals surface area contributed by atoms with Crippen molar-refractivity contribution in [3.8, 4) is 0 Å². The van der Waals surface area contributed by atoms with Gasteiger partial charge >= 0.3 is 11.5 Å². The van der Waals surface area contributed by atoms with Crippen molar-refractivity contribution in [1.82, 2.24) is 5.32 Å². The van der Waals surface area contributed by atoms with E-state index in [-0.39, 0.29) is 22.2 Å². The minimum atomic E-state index is -4.50. The summed E-state index contributed by atoms with van der Waals surface area (Å²) >= 11 is -0.346. The summed E-state index contributed by atoms with van der Waals surface area (Å²) in [5, 5.41) is 2.63. The molecule has 0 spiro atoms. The van der Waals surface area contributed by atoms with E-state index in [4.69, 9.17) is 4.74 Å². The van der Waals surface area contributed by atoms with Gasteiger partial charge in [0.05, 0.1) is 12.7 Å². The van der Waals surface area contributed by atoms with Gasteiger partial charge in [-0.1, -0.05) is 31.4 Å². The van der Waals surface area contributed by atoms with Crippen LogP contribution in [0.2, 0.25) is 0 Å². The number of hydrogen-bond donors (Lipinski definition) is 1. The Labute approximate surface area is 142 Å². The predicted octanol–water partition coefficient (Wildman–Crippen LogP) is 3.90. The van der Waals surface area contributed by atoms with Crippen molar-refractivity contribution in [2.75, 3.05) is 7.11 Å². The first-order valence-corrected chi connectivity index (χ1v) is 8.35. The summed E-state index contributed by atoms with van der Waals surface area (Å²) in [7, 11) is 1.23. The summed E-state index contributed by atoms with van der Waals surface area (Å²) in [5.74, 6) is -1.26. The van der Waals surface area contributed by atoms with Gasteiger partial charge in [0.15, 0.2) is 0 Å². The van der Waals surface area contributed by atoms with Crippen molar-refractivity contribution in [2.45, 2.75) is 48.0 Å². The fourth-order valence-corrected chi connectivity index (χ4v) is 3.55. The number of methoxy groups -OCH3 is 1. The zero-order valence-corrected chi connectivity index (χ0v) is 13.9. The second-order valence-electron chi connectivity index (χ2n) is 5.63. The summed E-state index contributed by atoms with van der Waals surface area (Å²) in [5.41, 5.74) is -5.77. The molecule has 4 nitrogen and oxygen atoms in total. The van der Waals surface area contributed by atoms with Gasteiger partial charge in [-0.25, -0.2) is 4.79 Å². The number of halogens is 3. The lowest BCUT2D eigenvalue weighted by Gasteiger charge is -2.35. The molecule has 132 valence electrons. The van der Waals surface area contributed by atoms with Crippen molar-refractivity contribution >= 4 is 23.6 Å². The zero-order chi connectivity index (χ0) is 17.8. The molecule has 0 saturated heterocycles. The van der Waals surface area contributed by atoms with Crippen molar-refractivity contribution in [1.29, 1.82) is 0 Å². The van der Waals surface area contributed by atoms with Crippen molar-refractivity contribution < 1.29 is 27.5 Å². The summed E-state index contributed by atoms with van der Waals surface area (Å²) in [6, 6.07) is 5.47. The number of esters is 1. The molecule has 8 heteroatoms. The van der Waals surface area contributed by atoms with Gasteiger partial charge in [-0.2, -0.15) is 13.2 Å². The summed E-state index contributed by atoms with van der Waals surface area (Å²) < 4.78 is 42.8. The smallest absolute Gasteiger partial charge is 0.446 e. The fourth-order valence-electron chi connectivity index (χ4n) is 2.88. The van der Waals surface area contributed by atoms with Crippen LogP contribution in [0.1, 0.15) is 42.5 Å². The van der Waals surface area contributed by atoms with Crippen LogP contribution < -0.4 is 5.32 Å². The minimum absolute atomic E-state index is 0.103. The van der Waals surface area contributed by atoms with Crippen LogP contribution in [0.25, 0.3) is 0 Å². The third kappa shape index (κ3) is 4.43. The number of ether oxygens (including phenoxy) is 1. The molecule has 1 amide bonds. The quantitative estimate of drug-likeness (QED) is 0.653. The molecule has 1 aromatic carbocycles. The standard InChI is InChI=1S/C16H18F3NO3S/c1-23-14(22)15(9-5-2-6-10-15)20-13(21)11-7-3-4-8-12(11)24-16(17,18)19/h3-4,7-8H,2,5-6,9-10H2,1H3,(H,20,21). The molecule has 0 unspecified atom stereocenters. The van der Waals surface area contributed by atoms with Gasteiger partial charge in [0.25, 0.3) is 5.91 Å². The molecular formula is C16H18F3NO3S. The molecular weight excluding hydrogens is 343 g/mol. The van der Waals surface area contributed by atoms with Gasteiger partial charge in [0.1, 0.15) is 5.54 Å². The number of amides is 1. The van der Waals surface area contributed by atoms with E-state index in [2.05, 4.69) is 5.32 Å². The zero-order valence-electron chi connectivity index (χ0n) is 13.1. The van der Waals surface area contributed by atoms with Gasteiger partial charge < -0.3 is 10.1 Å². The second kappa shape index (κ2) is 7.46. The van der Waals surface area contributed by atoms with Gasteiger partial charge in [-0.3, -0.25) is 4.79 Å². The third-order valence-electron chi connectivity index (χ3n) is 3.99. The Morgan fingerprint density at radius 3 is 2.38 bits per heavy atom. The van der Waals surface area contributed by atoms with E-state index < -0.39 is 22.9 Å². The topological polar surface area (TPSA) is 55.4 Å². The number of thioether (sulfide) groups is 1. The number of carbonyl (C=O) groups is 2. The minimum Gasteiger partial charge on any atom is -0.467 e. The lowest BCUT2D eigenvalue weighted by molar-refractivity contribution is -0.149. The molecule has 1 aliphatic rings. The lowest BCUT2D eigenvalue weighted by atomic mass is 9.81. The normalized spacial score (nSPS) is 17.2. The molecule has 24 heavy (non-hydrogen) atoms. The van der Waals surface area contributed by atoms with Crippen LogP contribution in [0.4, 0.5) is 13.2 Å². The maximum atomic E-state index is 12.7. The van der Waals surface area contributed by atoms with Gasteiger partial charge in [-0.05, 0) is 36.7 Å². The Bertz CT molecular complexity index is 613. The summed E-state index contributed by atoms with van der Waals surface area (Å²) in [4.78, 5) is 24.5. The molecule has 1 aromatic rings. The van der Waals surface area contributed by atoms with E-state index in [1.807, 2.05) is 0 Å². The van der Waals surface area contributed by atoms with E-state index in [0.717, 1.165) is 19.3 Å². The first-order valence-electron chi connectivity index (χ1n) is 7.53. The van der Waals surface area contributed by atoms with E-state index in [9.17, 15) is 22.8 Å². The molecule has 1 N–H and O–H groups in total. The van der Waals surface area contributed by atoms with Gasteiger partial charge in [0.2, 0.25) is 0 Å². The largest absolute Gasteiger partial charge is 0.467 e. The van der Waals surface area contributed by atoms with Crippen LogP contribution in [-0.4, -0.2) is 30.0 Å². The highest BCUT2D eigenvalue weighted by Gasteiger charge is 2.42. The first-order chi connectivity index (χ1) is 11.3. The molecule has 0 aromatic heterocycles. The Morgan fingerprint density at radius 1 is 1.17 bits per heavy atom. The SMILES string of the molecule is COC(=O)C1(NC(=O)c2ccccc2SC(F)(F)F)CCCCC1. The van der Waals surface area contributed by atoms with E-state index >= 15 is 0 Å². The van der Waals surface area contributed by atoms with E-state index in [1.165, 1.54) is 31.4 Å². The molecule has 1 saturated carbocycles. The second-order valence-corrected chi connectivity index (χ2v) is 6.74. The fraction of sp³-hybridized carbons (Fsp3) is 0.500. The lowest BCUT2D eigenvalue weighted by Crippen LogP contribution is -2.56. The highest BCUT2D eigenvalue weighted by atomic mass is 32.2. The summed E-state index contributed by atoms with van der Waals surface area (Å²) in [6.45, 7) is 0. The molecule has 0 heterocycles. The van der Waals surface area contributed by atoms with E-state index in [0.29, 0.717) is 12.8 Å². The predicted molar refractivity (Wildman–Crippen MR) is 83.7 cm³/mol. The van der Waals surface area contributed by atoms with Gasteiger partial charge in [-0.15, -0.1) is 0 Å². The van der Waals surface area contributed by atoms with Crippen LogP contribution in [0.5, 0.6) is 0 Å². The number of hydrogen-bond acceptors (Lipinski definition) is 4. The molecule has 1 fully saturated rings. The highest BCUT2D eigenvalue weighted by Crippen LogP contribution is 2.39. The van der Waals surface area contributed by atoms with Crippen LogP contribution in [0.3, 0.4) is 0 Å². The maximum Gasteiger partial charge on any atom is 0.446 e. The molecule has 1 aliphatic carbocycles. The number of carbonyl (C=O) groups excluding carboxylic acids is 2. The number of benzene rings is 1. The number of nitrogens with one attached hydrogen (secondary N) is 1. The molecule has 0 bridgehead atoms. The summed E-state index contributed by atoms with van der Waals surface area (Å²) in [6.07, 6.45) is 3.26. The van der Waals surface area contributed by atoms with Gasteiger partial charge in [0, 0.05) is 4.90 Å². The van der Waals surface area contributed by atoms with Crippen molar-refractivity contribution in [3.05, 3.63) is 29.8 Å². The Kier molecular flexibility index (Phi) is 5.79. The van der Waals surface area contributed by atoms with Crippen LogP contribution >= 0.6 is 11.8 Å². The van der Waals surface area contributed by atoms with Crippen molar-refractivity contribution in [2.24, 2.45) is 0 Å². The Morgan fingerprint density at radius 2 is 1.79 bits per heavy atom. The Hall–Kier alpha value is -1.70. The maximum absolute atomic E-state index is 12.7. The third-order valence-corrected chi connectivity index (χ3v) is 4.80. The monoisotopic (exact) mass is 361 g/mol. The van der Waals surface area contributed by atoms with Crippen LogP contribution in [0, 0.1) is 0 Å². The van der Waals surface area contributed by atoms with Crippen molar-refractivity contribution in [3.63, 3.8) is 0 Å². The number of alkyl halides is 3. The van der Waals surface area contributed by atoms with E-state index in [1.54, 1.807) is 0 Å². The average Bonchev–Trinajstić information content (AvgIpc) is 2.53. The van der Waals surface area contributed by atoms with Crippen LogP contribution in [-0.2, 0) is 9.53 Å². The Balaban J connectivity index is 2.26.